The summed E-state index contributed by atoms with van der Waals surface area (Å²) in [5.74, 6) is 1.27. The summed E-state index contributed by atoms with van der Waals surface area (Å²) in [5, 5.41) is 4.08. The minimum Gasteiger partial charge on any atom is -0.285 e. The van der Waals surface area contributed by atoms with Crippen molar-refractivity contribution in [3.63, 3.8) is 0 Å². The van der Waals surface area contributed by atoms with Gasteiger partial charge in [-0.05, 0) is 50.6 Å². The summed E-state index contributed by atoms with van der Waals surface area (Å²) in [6.07, 6.45) is 6.02. The summed E-state index contributed by atoms with van der Waals surface area (Å²) in [4.78, 5) is 29.3. The second-order valence-corrected chi connectivity index (χ2v) is 7.62. The molecule has 2 unspecified atom stereocenters. The van der Waals surface area contributed by atoms with E-state index in [9.17, 15) is 9.59 Å². The molecule has 2 aliphatic rings. The van der Waals surface area contributed by atoms with E-state index in [1.807, 2.05) is 0 Å². The predicted molar refractivity (Wildman–Crippen MR) is 92.7 cm³/mol. The average Bonchev–Trinajstić information content (AvgIpc) is 2.54. The molecule has 0 spiro atoms. The van der Waals surface area contributed by atoms with Crippen LogP contribution in [-0.2, 0) is 13.3 Å². The van der Waals surface area contributed by atoms with Gasteiger partial charge < -0.3 is 0 Å². The molecule has 0 aromatic carbocycles. The van der Waals surface area contributed by atoms with E-state index >= 15 is 0 Å². The highest BCUT2D eigenvalue weighted by Crippen LogP contribution is 2.16. The Bertz CT molecular complexity index is 668. The van der Waals surface area contributed by atoms with Crippen LogP contribution >= 0.6 is 0 Å². The molecule has 24 heavy (non-hydrogen) atoms. The Morgan fingerprint density at radius 3 is 2.17 bits per heavy atom. The summed E-state index contributed by atoms with van der Waals surface area (Å²) in [6, 6.07) is 0. The molecule has 2 atom stereocenters. The Morgan fingerprint density at radius 2 is 1.58 bits per heavy atom. The highest BCUT2D eigenvalue weighted by Gasteiger charge is 2.20. The van der Waals surface area contributed by atoms with Crippen LogP contribution in [0.5, 0.6) is 0 Å². The largest absolute Gasteiger partial charge is 0.349 e. The van der Waals surface area contributed by atoms with Crippen molar-refractivity contribution in [2.24, 2.45) is 11.8 Å². The Balaban J connectivity index is 1.75. The molecular weight excluding hydrogens is 306 g/mol. The third-order valence-corrected chi connectivity index (χ3v) is 5.18. The lowest BCUT2D eigenvalue weighted by Crippen LogP contribution is -2.49. The van der Waals surface area contributed by atoms with E-state index in [1.54, 1.807) is 0 Å². The maximum Gasteiger partial charge on any atom is 0.349 e. The first-order valence-corrected chi connectivity index (χ1v) is 9.14. The van der Waals surface area contributed by atoms with Crippen molar-refractivity contribution in [1.82, 2.24) is 24.1 Å². The van der Waals surface area contributed by atoms with Crippen LogP contribution in [0.15, 0.2) is 15.8 Å². The van der Waals surface area contributed by atoms with Crippen LogP contribution in [0.25, 0.3) is 0 Å². The van der Waals surface area contributed by atoms with Crippen LogP contribution in [-0.4, -0.2) is 50.3 Å². The first kappa shape index (κ1) is 17.4. The zero-order valence-electron chi connectivity index (χ0n) is 14.9. The van der Waals surface area contributed by atoms with E-state index in [-0.39, 0.29) is 11.2 Å². The van der Waals surface area contributed by atoms with E-state index in [1.165, 1.54) is 28.3 Å². The SMILES string of the molecule is CC1CCCN(Cn2ncc(=O)n(CN3CCCC(C)C3)c2=O)C1. The quantitative estimate of drug-likeness (QED) is 0.814. The number of hydrogen-bond acceptors (Lipinski definition) is 5. The van der Waals surface area contributed by atoms with E-state index in [0.29, 0.717) is 25.2 Å². The van der Waals surface area contributed by atoms with Gasteiger partial charge in [0, 0.05) is 13.1 Å². The van der Waals surface area contributed by atoms with Crippen molar-refractivity contribution < 1.29 is 0 Å². The van der Waals surface area contributed by atoms with Crippen LogP contribution in [0.4, 0.5) is 0 Å². The summed E-state index contributed by atoms with van der Waals surface area (Å²) >= 11 is 0. The van der Waals surface area contributed by atoms with Crippen molar-refractivity contribution in [2.45, 2.75) is 52.9 Å². The fourth-order valence-corrected chi connectivity index (χ4v) is 3.92. The van der Waals surface area contributed by atoms with Crippen molar-refractivity contribution in [2.75, 3.05) is 26.2 Å². The highest BCUT2D eigenvalue weighted by atomic mass is 16.2. The fourth-order valence-electron chi connectivity index (χ4n) is 3.92. The highest BCUT2D eigenvalue weighted by molar-refractivity contribution is 4.78. The fraction of sp³-hybridized carbons (Fsp3) is 0.824. The van der Waals surface area contributed by atoms with Gasteiger partial charge in [0.15, 0.2) is 0 Å². The minimum absolute atomic E-state index is 0.293. The molecule has 0 aliphatic carbocycles. The van der Waals surface area contributed by atoms with Gasteiger partial charge in [0.05, 0.1) is 13.3 Å². The van der Waals surface area contributed by atoms with E-state index in [0.717, 1.165) is 39.0 Å². The predicted octanol–water partition coefficient (Wildman–Crippen LogP) is 0.784. The molecule has 2 fully saturated rings. The molecule has 7 nitrogen and oxygen atoms in total. The summed E-state index contributed by atoms with van der Waals surface area (Å²) in [5.41, 5.74) is -0.597. The lowest BCUT2D eigenvalue weighted by atomic mass is 10.0. The molecule has 0 saturated carbocycles. The molecule has 2 saturated heterocycles. The van der Waals surface area contributed by atoms with E-state index in [4.69, 9.17) is 0 Å². The van der Waals surface area contributed by atoms with Gasteiger partial charge in [0.1, 0.15) is 6.20 Å². The third kappa shape index (κ3) is 4.13. The van der Waals surface area contributed by atoms with Crippen LogP contribution in [0, 0.1) is 11.8 Å². The maximum absolute atomic E-state index is 12.7. The maximum atomic E-state index is 12.7. The van der Waals surface area contributed by atoms with Crippen molar-refractivity contribution in [1.29, 1.82) is 0 Å². The van der Waals surface area contributed by atoms with Crippen LogP contribution in [0.1, 0.15) is 39.5 Å². The third-order valence-electron chi connectivity index (χ3n) is 5.18. The zero-order valence-corrected chi connectivity index (χ0v) is 14.9. The monoisotopic (exact) mass is 335 g/mol. The van der Waals surface area contributed by atoms with Crippen molar-refractivity contribution in [3.8, 4) is 0 Å². The molecule has 0 radical (unpaired) electrons. The molecule has 1 aromatic rings. The Morgan fingerprint density at radius 1 is 1.00 bits per heavy atom. The molecule has 2 aliphatic heterocycles. The Kier molecular flexibility index (Phi) is 5.50. The first-order chi connectivity index (χ1) is 11.5. The smallest absolute Gasteiger partial charge is 0.285 e. The Labute approximate surface area is 142 Å². The number of rotatable bonds is 4. The average molecular weight is 335 g/mol. The minimum atomic E-state index is -0.304. The van der Waals surface area contributed by atoms with Gasteiger partial charge >= 0.3 is 5.69 Å². The molecular formula is C17H29N5O2. The molecule has 3 rings (SSSR count). The van der Waals surface area contributed by atoms with Gasteiger partial charge in [-0.1, -0.05) is 13.8 Å². The summed E-state index contributed by atoms with van der Waals surface area (Å²) < 4.78 is 2.77. The number of hydrogen-bond donors (Lipinski definition) is 0. The van der Waals surface area contributed by atoms with Gasteiger partial charge in [0.2, 0.25) is 0 Å². The second kappa shape index (κ2) is 7.61. The Hall–Kier alpha value is -1.47. The molecule has 1 aromatic heterocycles. The van der Waals surface area contributed by atoms with Crippen molar-refractivity contribution >= 4 is 0 Å². The summed E-state index contributed by atoms with van der Waals surface area (Å²) in [6.45, 7) is 9.16. The van der Waals surface area contributed by atoms with E-state index in [2.05, 4.69) is 28.7 Å². The molecule has 0 bridgehead atoms. The van der Waals surface area contributed by atoms with Crippen molar-refractivity contribution in [3.05, 3.63) is 27.0 Å². The van der Waals surface area contributed by atoms with E-state index < -0.39 is 0 Å². The second-order valence-electron chi connectivity index (χ2n) is 7.62. The van der Waals surface area contributed by atoms with Crippen LogP contribution in [0.2, 0.25) is 0 Å². The first-order valence-electron chi connectivity index (χ1n) is 9.14. The normalized spacial score (nSPS) is 26.6. The summed E-state index contributed by atoms with van der Waals surface area (Å²) in [7, 11) is 0. The van der Waals surface area contributed by atoms with Gasteiger partial charge in [-0.3, -0.25) is 14.6 Å². The number of nitrogens with zero attached hydrogens (tertiary/aromatic N) is 5. The van der Waals surface area contributed by atoms with Gasteiger partial charge in [-0.15, -0.1) is 0 Å². The molecule has 7 heteroatoms. The lowest BCUT2D eigenvalue weighted by molar-refractivity contribution is 0.122. The van der Waals surface area contributed by atoms with Gasteiger partial charge in [0.25, 0.3) is 5.56 Å². The van der Waals surface area contributed by atoms with Crippen LogP contribution < -0.4 is 11.2 Å². The number of piperidine rings is 2. The van der Waals surface area contributed by atoms with Crippen LogP contribution in [0.3, 0.4) is 0 Å². The number of likely N-dealkylation sites (tertiary alicyclic amines) is 2. The van der Waals surface area contributed by atoms with Gasteiger partial charge in [-0.2, -0.15) is 9.78 Å². The molecule has 134 valence electrons. The zero-order chi connectivity index (χ0) is 17.1. The molecule has 0 amide bonds. The topological polar surface area (TPSA) is 63.4 Å². The molecule has 0 N–H and O–H groups in total. The standard InChI is InChI=1S/C17H29N5O2/c1-14-5-3-7-19(10-14)12-21-16(23)9-18-22(17(21)24)13-20-8-4-6-15(2)11-20/h9,14-15H,3-8,10-13H2,1-2H3. The molecule has 3 heterocycles. The number of aromatic nitrogens is 3. The van der Waals surface area contributed by atoms with Gasteiger partial charge in [-0.25, -0.2) is 9.36 Å². The lowest BCUT2D eigenvalue weighted by Gasteiger charge is -2.32.